The van der Waals surface area contributed by atoms with Crippen molar-refractivity contribution in [3.05, 3.63) is 23.9 Å². The molecule has 1 fully saturated rings. The van der Waals surface area contributed by atoms with Crippen LogP contribution in [0.1, 0.15) is 24.8 Å². The monoisotopic (exact) mass is 260 g/mol. The molecule has 2 heterocycles. The standard InChI is InChI=1S/C12H15F3N2O/c13-12(14,15)9-3-7-17-11(8-9)18-10-2-1-5-16-6-4-10/h3,7-8,10,16H,1-2,4-6H2. The molecule has 1 aliphatic heterocycles. The van der Waals surface area contributed by atoms with E-state index in [-0.39, 0.29) is 12.0 Å². The molecule has 0 saturated carbocycles. The molecule has 18 heavy (non-hydrogen) atoms. The number of halogens is 3. The molecule has 6 heteroatoms. The summed E-state index contributed by atoms with van der Waals surface area (Å²) in [5.74, 6) is 0.0525. The van der Waals surface area contributed by atoms with Crippen LogP contribution in [0.5, 0.6) is 5.88 Å². The number of aromatic nitrogens is 1. The topological polar surface area (TPSA) is 34.1 Å². The van der Waals surface area contributed by atoms with Gasteiger partial charge >= 0.3 is 6.18 Å². The van der Waals surface area contributed by atoms with Crippen molar-refractivity contribution in [3.8, 4) is 5.88 Å². The van der Waals surface area contributed by atoms with Gasteiger partial charge in [-0.3, -0.25) is 0 Å². The molecule has 1 aromatic rings. The summed E-state index contributed by atoms with van der Waals surface area (Å²) in [7, 11) is 0. The first kappa shape index (κ1) is 13.1. The molecule has 1 atom stereocenters. The van der Waals surface area contributed by atoms with Crippen molar-refractivity contribution >= 4 is 0 Å². The van der Waals surface area contributed by atoms with Crippen LogP contribution < -0.4 is 10.1 Å². The highest BCUT2D eigenvalue weighted by atomic mass is 19.4. The van der Waals surface area contributed by atoms with Crippen LogP contribution in [0.15, 0.2) is 18.3 Å². The molecule has 0 spiro atoms. The number of ether oxygens (including phenoxy) is 1. The Kier molecular flexibility index (Phi) is 4.06. The highest BCUT2D eigenvalue weighted by molar-refractivity contribution is 5.23. The highest BCUT2D eigenvalue weighted by Gasteiger charge is 2.31. The van der Waals surface area contributed by atoms with Gasteiger partial charge in [0.25, 0.3) is 0 Å². The fourth-order valence-electron chi connectivity index (χ4n) is 1.93. The summed E-state index contributed by atoms with van der Waals surface area (Å²) in [6.45, 7) is 1.75. The first-order chi connectivity index (χ1) is 8.55. The average molecular weight is 260 g/mol. The van der Waals surface area contributed by atoms with Crippen molar-refractivity contribution < 1.29 is 17.9 Å². The van der Waals surface area contributed by atoms with Gasteiger partial charge in [-0.25, -0.2) is 4.98 Å². The van der Waals surface area contributed by atoms with Gasteiger partial charge < -0.3 is 10.1 Å². The third-order valence-corrected chi connectivity index (χ3v) is 2.87. The Morgan fingerprint density at radius 3 is 2.89 bits per heavy atom. The largest absolute Gasteiger partial charge is 0.474 e. The van der Waals surface area contributed by atoms with E-state index in [0.29, 0.717) is 0 Å². The summed E-state index contributed by atoms with van der Waals surface area (Å²) in [4.78, 5) is 3.83. The van der Waals surface area contributed by atoms with E-state index in [1.807, 2.05) is 0 Å². The van der Waals surface area contributed by atoms with Crippen molar-refractivity contribution in [1.82, 2.24) is 10.3 Å². The van der Waals surface area contributed by atoms with E-state index in [9.17, 15) is 13.2 Å². The summed E-state index contributed by atoms with van der Waals surface area (Å²) in [6.07, 6.45) is -0.693. The molecule has 2 rings (SSSR count). The molecular weight excluding hydrogens is 245 g/mol. The molecule has 1 unspecified atom stereocenters. The average Bonchev–Trinajstić information content (AvgIpc) is 2.57. The van der Waals surface area contributed by atoms with Crippen molar-refractivity contribution in [3.63, 3.8) is 0 Å². The van der Waals surface area contributed by atoms with Gasteiger partial charge in [0.15, 0.2) is 0 Å². The second-order valence-corrected chi connectivity index (χ2v) is 4.30. The Labute approximate surface area is 103 Å². The van der Waals surface area contributed by atoms with Crippen LogP contribution in [0.2, 0.25) is 0 Å². The van der Waals surface area contributed by atoms with Gasteiger partial charge in [-0.15, -0.1) is 0 Å². The lowest BCUT2D eigenvalue weighted by Gasteiger charge is -2.16. The Morgan fingerprint density at radius 1 is 1.28 bits per heavy atom. The lowest BCUT2D eigenvalue weighted by molar-refractivity contribution is -0.137. The van der Waals surface area contributed by atoms with Gasteiger partial charge in [-0.1, -0.05) is 0 Å². The van der Waals surface area contributed by atoms with Crippen LogP contribution in [0.25, 0.3) is 0 Å². The van der Waals surface area contributed by atoms with Crippen LogP contribution in [0.3, 0.4) is 0 Å². The van der Waals surface area contributed by atoms with Gasteiger partial charge in [0.1, 0.15) is 6.10 Å². The molecular formula is C12H15F3N2O. The molecule has 1 aromatic heterocycles. The quantitative estimate of drug-likeness (QED) is 0.887. The zero-order valence-electron chi connectivity index (χ0n) is 9.83. The summed E-state index contributed by atoms with van der Waals surface area (Å²) < 4.78 is 43.1. The van der Waals surface area contributed by atoms with Crippen LogP contribution in [0.4, 0.5) is 13.2 Å². The van der Waals surface area contributed by atoms with Gasteiger partial charge in [0.05, 0.1) is 5.56 Å². The number of alkyl halides is 3. The Hall–Kier alpha value is -1.30. The fourth-order valence-corrected chi connectivity index (χ4v) is 1.93. The summed E-state index contributed by atoms with van der Waals surface area (Å²) in [5, 5.41) is 3.22. The van der Waals surface area contributed by atoms with Gasteiger partial charge in [0.2, 0.25) is 5.88 Å². The number of nitrogens with one attached hydrogen (secondary N) is 1. The normalized spacial score (nSPS) is 21.4. The molecule has 1 aliphatic rings. The van der Waals surface area contributed by atoms with Crippen molar-refractivity contribution in [1.29, 1.82) is 0 Å². The maximum atomic E-state index is 12.5. The molecule has 100 valence electrons. The fraction of sp³-hybridized carbons (Fsp3) is 0.583. The van der Waals surface area contributed by atoms with Crippen LogP contribution in [-0.2, 0) is 6.18 Å². The molecule has 0 bridgehead atoms. The van der Waals surface area contributed by atoms with E-state index in [4.69, 9.17) is 4.74 Å². The smallest absolute Gasteiger partial charge is 0.416 e. The lowest BCUT2D eigenvalue weighted by atomic mass is 10.1. The van der Waals surface area contributed by atoms with E-state index in [1.54, 1.807) is 0 Å². The minimum absolute atomic E-state index is 0.0525. The summed E-state index contributed by atoms with van der Waals surface area (Å²) >= 11 is 0. The number of rotatable bonds is 2. The predicted octanol–water partition coefficient (Wildman–Crippen LogP) is 2.62. The van der Waals surface area contributed by atoms with E-state index in [1.165, 1.54) is 0 Å². The zero-order chi connectivity index (χ0) is 13.0. The molecule has 0 aliphatic carbocycles. The SMILES string of the molecule is FC(F)(F)c1ccnc(OC2CCCNCC2)c1. The zero-order valence-corrected chi connectivity index (χ0v) is 9.83. The van der Waals surface area contributed by atoms with Gasteiger partial charge in [0, 0.05) is 12.3 Å². The molecule has 0 aromatic carbocycles. The van der Waals surface area contributed by atoms with Gasteiger partial charge in [-0.05, 0) is 38.4 Å². The molecule has 3 nitrogen and oxygen atoms in total. The van der Waals surface area contributed by atoms with E-state index >= 15 is 0 Å². The van der Waals surface area contributed by atoms with Crippen molar-refractivity contribution in [2.75, 3.05) is 13.1 Å². The molecule has 1 saturated heterocycles. The first-order valence-electron chi connectivity index (χ1n) is 5.96. The molecule has 0 radical (unpaired) electrons. The number of hydrogen-bond donors (Lipinski definition) is 1. The van der Waals surface area contributed by atoms with Crippen molar-refractivity contribution in [2.45, 2.75) is 31.5 Å². The first-order valence-corrected chi connectivity index (χ1v) is 5.96. The van der Waals surface area contributed by atoms with Crippen LogP contribution in [-0.4, -0.2) is 24.2 Å². The highest BCUT2D eigenvalue weighted by Crippen LogP contribution is 2.30. The number of hydrogen-bond acceptors (Lipinski definition) is 3. The minimum Gasteiger partial charge on any atom is -0.474 e. The molecule has 0 amide bonds. The Morgan fingerprint density at radius 2 is 2.11 bits per heavy atom. The minimum atomic E-state index is -4.36. The molecule has 1 N–H and O–H groups in total. The maximum Gasteiger partial charge on any atom is 0.416 e. The van der Waals surface area contributed by atoms with E-state index < -0.39 is 11.7 Å². The number of pyridine rings is 1. The van der Waals surface area contributed by atoms with Crippen molar-refractivity contribution in [2.24, 2.45) is 0 Å². The summed E-state index contributed by atoms with van der Waals surface area (Å²) in [5.41, 5.74) is -0.723. The third-order valence-electron chi connectivity index (χ3n) is 2.87. The van der Waals surface area contributed by atoms with Crippen LogP contribution >= 0.6 is 0 Å². The Bertz CT molecular complexity index is 387. The van der Waals surface area contributed by atoms with E-state index in [2.05, 4.69) is 10.3 Å². The second kappa shape index (κ2) is 5.56. The number of nitrogens with zero attached hydrogens (tertiary/aromatic N) is 1. The summed E-state index contributed by atoms with van der Waals surface area (Å²) in [6, 6.07) is 1.90. The van der Waals surface area contributed by atoms with Crippen LogP contribution in [0, 0.1) is 0 Å². The van der Waals surface area contributed by atoms with Gasteiger partial charge in [-0.2, -0.15) is 13.2 Å². The third kappa shape index (κ3) is 3.60. The van der Waals surface area contributed by atoms with E-state index in [0.717, 1.165) is 50.7 Å². The Balaban J connectivity index is 2.04. The maximum absolute atomic E-state index is 12.5. The predicted molar refractivity (Wildman–Crippen MR) is 60.4 cm³/mol. The second-order valence-electron chi connectivity index (χ2n) is 4.30. The lowest BCUT2D eigenvalue weighted by Crippen LogP contribution is -2.20.